The number of benzene rings is 1. The predicted octanol–water partition coefficient (Wildman–Crippen LogP) is 4.25. The summed E-state index contributed by atoms with van der Waals surface area (Å²) in [6.45, 7) is 2.14. The number of carboxylic acid groups (broad SMARTS) is 1. The lowest BCUT2D eigenvalue weighted by atomic mass is 10.0. The van der Waals surface area contributed by atoms with Gasteiger partial charge < -0.3 is 5.11 Å². The standard InChI is InChI=1S/C17H24O3/c1-2-7-14-10-12-15(13-11-14)16(18)8-5-3-4-6-9-17(19)20/h10-13H,2-9H2,1H3,(H,19,20). The summed E-state index contributed by atoms with van der Waals surface area (Å²) in [5.41, 5.74) is 2.06. The summed E-state index contributed by atoms with van der Waals surface area (Å²) in [4.78, 5) is 22.3. The molecule has 110 valence electrons. The lowest BCUT2D eigenvalue weighted by Gasteiger charge is -2.03. The third kappa shape index (κ3) is 6.50. The highest BCUT2D eigenvalue weighted by Crippen LogP contribution is 2.12. The fraction of sp³-hybridized carbons (Fsp3) is 0.529. The molecule has 0 radical (unpaired) electrons. The minimum atomic E-state index is -0.742. The van der Waals surface area contributed by atoms with E-state index in [1.165, 1.54) is 5.56 Å². The molecule has 0 fully saturated rings. The molecule has 1 aromatic rings. The molecule has 3 nitrogen and oxygen atoms in total. The highest BCUT2D eigenvalue weighted by Gasteiger charge is 2.05. The second-order valence-corrected chi connectivity index (χ2v) is 5.18. The Kier molecular flexibility index (Phi) is 7.63. The summed E-state index contributed by atoms with van der Waals surface area (Å²) in [6.07, 6.45) is 6.31. The molecule has 0 aliphatic heterocycles. The van der Waals surface area contributed by atoms with Crippen LogP contribution in [0.1, 0.15) is 67.8 Å². The fourth-order valence-electron chi connectivity index (χ4n) is 2.21. The number of unbranched alkanes of at least 4 members (excludes halogenated alkanes) is 3. The van der Waals surface area contributed by atoms with Crippen molar-refractivity contribution in [3.8, 4) is 0 Å². The number of carbonyl (C=O) groups is 2. The van der Waals surface area contributed by atoms with Crippen molar-refractivity contribution in [1.82, 2.24) is 0 Å². The Morgan fingerprint density at radius 3 is 2.10 bits per heavy atom. The van der Waals surface area contributed by atoms with Crippen LogP contribution in [-0.4, -0.2) is 16.9 Å². The average Bonchev–Trinajstić information content (AvgIpc) is 2.43. The van der Waals surface area contributed by atoms with E-state index in [2.05, 4.69) is 6.92 Å². The normalized spacial score (nSPS) is 10.4. The van der Waals surface area contributed by atoms with Crippen LogP contribution in [0.2, 0.25) is 0 Å². The van der Waals surface area contributed by atoms with Gasteiger partial charge in [-0.1, -0.05) is 50.5 Å². The lowest BCUT2D eigenvalue weighted by molar-refractivity contribution is -0.137. The maximum atomic E-state index is 12.0. The summed E-state index contributed by atoms with van der Waals surface area (Å²) in [6, 6.07) is 7.89. The van der Waals surface area contributed by atoms with Gasteiger partial charge in [0, 0.05) is 18.4 Å². The number of hydrogen-bond acceptors (Lipinski definition) is 2. The van der Waals surface area contributed by atoms with E-state index in [9.17, 15) is 9.59 Å². The van der Waals surface area contributed by atoms with Crippen molar-refractivity contribution >= 4 is 11.8 Å². The smallest absolute Gasteiger partial charge is 0.303 e. The Labute approximate surface area is 121 Å². The molecule has 0 bridgehead atoms. The molecule has 0 aliphatic rings. The highest BCUT2D eigenvalue weighted by molar-refractivity contribution is 5.96. The molecule has 0 saturated carbocycles. The van der Waals surface area contributed by atoms with E-state index in [0.29, 0.717) is 12.8 Å². The van der Waals surface area contributed by atoms with Gasteiger partial charge in [-0.3, -0.25) is 9.59 Å². The zero-order chi connectivity index (χ0) is 14.8. The zero-order valence-corrected chi connectivity index (χ0v) is 12.2. The van der Waals surface area contributed by atoms with E-state index in [1.807, 2.05) is 24.3 Å². The average molecular weight is 276 g/mol. The molecular weight excluding hydrogens is 252 g/mol. The molecule has 20 heavy (non-hydrogen) atoms. The van der Waals surface area contributed by atoms with E-state index < -0.39 is 5.97 Å². The predicted molar refractivity (Wildman–Crippen MR) is 80.1 cm³/mol. The molecule has 0 atom stereocenters. The van der Waals surface area contributed by atoms with Gasteiger partial charge in [0.1, 0.15) is 0 Å². The van der Waals surface area contributed by atoms with Crippen LogP contribution < -0.4 is 0 Å². The maximum Gasteiger partial charge on any atom is 0.303 e. The van der Waals surface area contributed by atoms with E-state index in [1.54, 1.807) is 0 Å². The first-order valence-corrected chi connectivity index (χ1v) is 7.47. The van der Waals surface area contributed by atoms with Crippen LogP contribution in [0.3, 0.4) is 0 Å². The number of ketones is 1. The fourth-order valence-corrected chi connectivity index (χ4v) is 2.21. The van der Waals surface area contributed by atoms with Crippen LogP contribution in [0.5, 0.6) is 0 Å². The molecule has 0 saturated heterocycles. The van der Waals surface area contributed by atoms with Crippen molar-refractivity contribution in [1.29, 1.82) is 0 Å². The van der Waals surface area contributed by atoms with Gasteiger partial charge in [-0.25, -0.2) is 0 Å². The van der Waals surface area contributed by atoms with Crippen LogP contribution in [0.15, 0.2) is 24.3 Å². The lowest BCUT2D eigenvalue weighted by Crippen LogP contribution is -1.99. The Bertz CT molecular complexity index is 420. The number of carboxylic acids is 1. The summed E-state index contributed by atoms with van der Waals surface area (Å²) >= 11 is 0. The van der Waals surface area contributed by atoms with E-state index in [4.69, 9.17) is 5.11 Å². The minimum Gasteiger partial charge on any atom is -0.481 e. The molecule has 0 spiro atoms. The summed E-state index contributed by atoms with van der Waals surface area (Å²) in [5, 5.41) is 8.51. The van der Waals surface area contributed by atoms with Gasteiger partial charge in [0.05, 0.1) is 0 Å². The third-order valence-corrected chi connectivity index (χ3v) is 3.36. The maximum absolute atomic E-state index is 12.0. The first-order chi connectivity index (χ1) is 9.63. The van der Waals surface area contributed by atoms with Gasteiger partial charge in [0.2, 0.25) is 0 Å². The third-order valence-electron chi connectivity index (χ3n) is 3.36. The van der Waals surface area contributed by atoms with E-state index in [-0.39, 0.29) is 12.2 Å². The largest absolute Gasteiger partial charge is 0.481 e. The van der Waals surface area contributed by atoms with Gasteiger partial charge in [-0.05, 0) is 24.8 Å². The Morgan fingerprint density at radius 2 is 1.55 bits per heavy atom. The van der Waals surface area contributed by atoms with Crippen molar-refractivity contribution in [2.45, 2.75) is 58.3 Å². The Balaban J connectivity index is 2.23. The number of rotatable bonds is 10. The van der Waals surface area contributed by atoms with Crippen molar-refractivity contribution in [3.05, 3.63) is 35.4 Å². The van der Waals surface area contributed by atoms with E-state index in [0.717, 1.165) is 37.7 Å². The highest BCUT2D eigenvalue weighted by atomic mass is 16.4. The second-order valence-electron chi connectivity index (χ2n) is 5.18. The molecule has 0 unspecified atom stereocenters. The molecule has 0 heterocycles. The molecule has 1 aromatic carbocycles. The summed E-state index contributed by atoms with van der Waals surface area (Å²) in [5.74, 6) is -0.556. The van der Waals surface area contributed by atoms with Crippen LogP contribution in [0, 0.1) is 0 Å². The van der Waals surface area contributed by atoms with Gasteiger partial charge >= 0.3 is 5.97 Å². The summed E-state index contributed by atoms with van der Waals surface area (Å²) in [7, 11) is 0. The van der Waals surface area contributed by atoms with Crippen molar-refractivity contribution in [3.63, 3.8) is 0 Å². The number of carbonyl (C=O) groups excluding carboxylic acids is 1. The van der Waals surface area contributed by atoms with Gasteiger partial charge in [-0.15, -0.1) is 0 Å². The number of aliphatic carboxylic acids is 1. The molecule has 0 aromatic heterocycles. The number of hydrogen-bond donors (Lipinski definition) is 1. The molecule has 3 heteroatoms. The van der Waals surface area contributed by atoms with Gasteiger partial charge in [0.15, 0.2) is 5.78 Å². The van der Waals surface area contributed by atoms with Crippen molar-refractivity contribution in [2.75, 3.05) is 0 Å². The summed E-state index contributed by atoms with van der Waals surface area (Å²) < 4.78 is 0. The quantitative estimate of drug-likeness (QED) is 0.513. The molecule has 1 N–H and O–H groups in total. The minimum absolute atomic E-state index is 0.186. The SMILES string of the molecule is CCCc1ccc(C(=O)CCCCCCC(=O)O)cc1. The van der Waals surface area contributed by atoms with Crippen LogP contribution in [0.25, 0.3) is 0 Å². The molecular formula is C17H24O3. The van der Waals surface area contributed by atoms with E-state index >= 15 is 0 Å². The van der Waals surface area contributed by atoms with Gasteiger partial charge in [0.25, 0.3) is 0 Å². The van der Waals surface area contributed by atoms with Crippen LogP contribution in [0.4, 0.5) is 0 Å². The monoisotopic (exact) mass is 276 g/mol. The number of aryl methyl sites for hydroxylation is 1. The first-order valence-electron chi connectivity index (χ1n) is 7.47. The zero-order valence-electron chi connectivity index (χ0n) is 12.2. The van der Waals surface area contributed by atoms with Crippen molar-refractivity contribution < 1.29 is 14.7 Å². The molecule has 1 rings (SSSR count). The Morgan fingerprint density at radius 1 is 0.950 bits per heavy atom. The molecule has 0 amide bonds. The second kappa shape index (κ2) is 9.29. The van der Waals surface area contributed by atoms with Crippen LogP contribution >= 0.6 is 0 Å². The van der Waals surface area contributed by atoms with Crippen molar-refractivity contribution in [2.24, 2.45) is 0 Å². The first kappa shape index (κ1) is 16.4. The molecule has 0 aliphatic carbocycles. The van der Waals surface area contributed by atoms with Gasteiger partial charge in [-0.2, -0.15) is 0 Å². The topological polar surface area (TPSA) is 54.4 Å². The number of Topliss-reactive ketones (excluding diaryl/α,β-unsaturated/α-hetero) is 1. The Hall–Kier alpha value is -1.64. The van der Waals surface area contributed by atoms with Crippen LogP contribution in [-0.2, 0) is 11.2 Å².